The van der Waals surface area contributed by atoms with E-state index >= 15 is 0 Å². The summed E-state index contributed by atoms with van der Waals surface area (Å²) in [4.78, 5) is 11.8. The quantitative estimate of drug-likeness (QED) is 0.721. The van der Waals surface area contributed by atoms with Crippen LogP contribution in [0.4, 0.5) is 0 Å². The van der Waals surface area contributed by atoms with Gasteiger partial charge in [0, 0.05) is 6.54 Å². The Kier molecular flexibility index (Phi) is 2.53. The molecule has 0 bridgehead atoms. The maximum absolute atomic E-state index is 11.8. The first kappa shape index (κ1) is 10.9. The third-order valence-electron chi connectivity index (χ3n) is 4.19. The van der Waals surface area contributed by atoms with Gasteiger partial charge in [-0.15, -0.1) is 0 Å². The van der Waals surface area contributed by atoms with Gasteiger partial charge in [0.05, 0.1) is 5.54 Å². The van der Waals surface area contributed by atoms with Gasteiger partial charge < -0.3 is 11.1 Å². The number of carbonyl (C=O) groups is 1. The predicted octanol–water partition coefficient (Wildman–Crippen LogP) is 1.42. The van der Waals surface area contributed by atoms with Crippen molar-refractivity contribution in [1.82, 2.24) is 5.32 Å². The standard InChI is InChI=1S/C12H22N2O/c1-3-11(2,13)10(15)14-8-12(6-7-12)9-4-5-9/h9H,3-8,13H2,1-2H3,(H,14,15). The largest absolute Gasteiger partial charge is 0.354 e. The highest BCUT2D eigenvalue weighted by Crippen LogP contribution is 2.60. The minimum Gasteiger partial charge on any atom is -0.354 e. The van der Waals surface area contributed by atoms with Gasteiger partial charge in [0.25, 0.3) is 0 Å². The van der Waals surface area contributed by atoms with E-state index in [1.807, 2.05) is 6.92 Å². The summed E-state index contributed by atoms with van der Waals surface area (Å²) in [5, 5.41) is 3.03. The molecule has 0 saturated heterocycles. The molecule has 0 spiro atoms. The van der Waals surface area contributed by atoms with Crippen molar-refractivity contribution in [1.29, 1.82) is 0 Å². The molecule has 1 unspecified atom stereocenters. The van der Waals surface area contributed by atoms with E-state index in [2.05, 4.69) is 5.32 Å². The van der Waals surface area contributed by atoms with Crippen LogP contribution in [0.15, 0.2) is 0 Å². The van der Waals surface area contributed by atoms with Crippen molar-refractivity contribution in [3.05, 3.63) is 0 Å². The molecule has 2 aliphatic rings. The fourth-order valence-electron chi connectivity index (χ4n) is 2.20. The summed E-state index contributed by atoms with van der Waals surface area (Å²) in [6, 6.07) is 0. The second-order valence-electron chi connectivity index (χ2n) is 5.59. The van der Waals surface area contributed by atoms with E-state index in [1.54, 1.807) is 6.92 Å². The van der Waals surface area contributed by atoms with Gasteiger partial charge in [-0.05, 0) is 50.4 Å². The van der Waals surface area contributed by atoms with E-state index in [0.29, 0.717) is 11.8 Å². The van der Waals surface area contributed by atoms with E-state index < -0.39 is 5.54 Å². The fourth-order valence-corrected chi connectivity index (χ4v) is 2.20. The van der Waals surface area contributed by atoms with Crippen molar-refractivity contribution in [3.8, 4) is 0 Å². The summed E-state index contributed by atoms with van der Waals surface area (Å²) < 4.78 is 0. The second-order valence-corrected chi connectivity index (χ2v) is 5.59. The van der Waals surface area contributed by atoms with Crippen LogP contribution in [0.1, 0.15) is 46.0 Å². The summed E-state index contributed by atoms with van der Waals surface area (Å²) >= 11 is 0. The van der Waals surface area contributed by atoms with Gasteiger partial charge in [-0.3, -0.25) is 4.79 Å². The van der Waals surface area contributed by atoms with Crippen molar-refractivity contribution in [2.45, 2.75) is 51.5 Å². The molecule has 3 nitrogen and oxygen atoms in total. The van der Waals surface area contributed by atoms with Crippen LogP contribution in [0, 0.1) is 11.3 Å². The number of carbonyl (C=O) groups excluding carboxylic acids is 1. The van der Waals surface area contributed by atoms with Crippen LogP contribution in [-0.2, 0) is 4.79 Å². The van der Waals surface area contributed by atoms with Crippen LogP contribution in [0.3, 0.4) is 0 Å². The van der Waals surface area contributed by atoms with Crippen molar-refractivity contribution in [3.63, 3.8) is 0 Å². The Labute approximate surface area is 91.8 Å². The third-order valence-corrected chi connectivity index (χ3v) is 4.19. The minimum atomic E-state index is -0.695. The normalized spacial score (nSPS) is 26.9. The molecule has 1 atom stereocenters. The lowest BCUT2D eigenvalue weighted by molar-refractivity contribution is -0.126. The summed E-state index contributed by atoms with van der Waals surface area (Å²) in [5.74, 6) is 0.903. The van der Waals surface area contributed by atoms with Gasteiger partial charge >= 0.3 is 0 Å². The molecular formula is C12H22N2O. The molecule has 86 valence electrons. The van der Waals surface area contributed by atoms with Crippen molar-refractivity contribution in [2.24, 2.45) is 17.1 Å². The fraction of sp³-hybridized carbons (Fsp3) is 0.917. The van der Waals surface area contributed by atoms with Crippen LogP contribution >= 0.6 is 0 Å². The maximum Gasteiger partial charge on any atom is 0.239 e. The summed E-state index contributed by atoms with van der Waals surface area (Å²) in [5.41, 5.74) is 5.67. The molecule has 2 rings (SSSR count). The van der Waals surface area contributed by atoms with Crippen molar-refractivity contribution in [2.75, 3.05) is 6.54 Å². The molecule has 0 aromatic heterocycles. The monoisotopic (exact) mass is 210 g/mol. The molecular weight excluding hydrogens is 188 g/mol. The lowest BCUT2D eigenvalue weighted by Crippen LogP contribution is -2.52. The van der Waals surface area contributed by atoms with Gasteiger partial charge in [-0.2, -0.15) is 0 Å². The average molecular weight is 210 g/mol. The Hall–Kier alpha value is -0.570. The van der Waals surface area contributed by atoms with Crippen LogP contribution < -0.4 is 11.1 Å². The smallest absolute Gasteiger partial charge is 0.239 e. The molecule has 0 aromatic carbocycles. The van der Waals surface area contributed by atoms with Crippen LogP contribution in [0.25, 0.3) is 0 Å². The van der Waals surface area contributed by atoms with Crippen LogP contribution in [-0.4, -0.2) is 18.0 Å². The Morgan fingerprint density at radius 3 is 2.53 bits per heavy atom. The number of hydrogen-bond acceptors (Lipinski definition) is 2. The van der Waals surface area contributed by atoms with Gasteiger partial charge in [0.1, 0.15) is 0 Å². The van der Waals surface area contributed by atoms with Gasteiger partial charge in [-0.1, -0.05) is 6.92 Å². The maximum atomic E-state index is 11.8. The molecule has 15 heavy (non-hydrogen) atoms. The molecule has 2 saturated carbocycles. The number of hydrogen-bond donors (Lipinski definition) is 2. The van der Waals surface area contributed by atoms with Crippen molar-refractivity contribution < 1.29 is 4.79 Å². The van der Waals surface area contributed by atoms with E-state index in [4.69, 9.17) is 5.73 Å². The predicted molar refractivity (Wildman–Crippen MR) is 60.3 cm³/mol. The Morgan fingerprint density at radius 1 is 1.53 bits per heavy atom. The minimum absolute atomic E-state index is 0.0110. The molecule has 3 N–H and O–H groups in total. The molecule has 0 aliphatic heterocycles. The molecule has 1 amide bonds. The highest BCUT2D eigenvalue weighted by molar-refractivity contribution is 5.85. The SMILES string of the molecule is CCC(C)(N)C(=O)NCC1(C2CC2)CC1. The summed E-state index contributed by atoms with van der Waals surface area (Å²) in [6.45, 7) is 4.61. The Bertz CT molecular complexity index is 265. The summed E-state index contributed by atoms with van der Waals surface area (Å²) in [7, 11) is 0. The molecule has 2 aliphatic carbocycles. The zero-order valence-corrected chi connectivity index (χ0v) is 9.81. The first-order chi connectivity index (χ1) is 7.00. The van der Waals surface area contributed by atoms with Gasteiger partial charge in [-0.25, -0.2) is 0 Å². The molecule has 3 heteroatoms. The number of nitrogens with one attached hydrogen (secondary N) is 1. The van der Waals surface area contributed by atoms with Crippen LogP contribution in [0.5, 0.6) is 0 Å². The van der Waals surface area contributed by atoms with Gasteiger partial charge in [0.2, 0.25) is 5.91 Å². The van der Waals surface area contributed by atoms with E-state index in [1.165, 1.54) is 25.7 Å². The zero-order chi connectivity index (χ0) is 11.1. The van der Waals surface area contributed by atoms with Gasteiger partial charge in [0.15, 0.2) is 0 Å². The number of amides is 1. The first-order valence-corrected chi connectivity index (χ1v) is 6.07. The topological polar surface area (TPSA) is 55.1 Å². The second kappa shape index (κ2) is 3.48. The van der Waals surface area contributed by atoms with Crippen molar-refractivity contribution >= 4 is 5.91 Å². The number of rotatable bonds is 5. The first-order valence-electron chi connectivity index (χ1n) is 6.07. The lowest BCUT2D eigenvalue weighted by atomic mass is 9.97. The van der Waals surface area contributed by atoms with E-state index in [-0.39, 0.29) is 5.91 Å². The highest BCUT2D eigenvalue weighted by atomic mass is 16.2. The molecule has 2 fully saturated rings. The third kappa shape index (κ3) is 2.17. The molecule has 0 aromatic rings. The van der Waals surface area contributed by atoms with E-state index in [9.17, 15) is 4.79 Å². The van der Waals surface area contributed by atoms with E-state index in [0.717, 1.165) is 12.5 Å². The number of nitrogens with two attached hydrogens (primary N) is 1. The lowest BCUT2D eigenvalue weighted by Gasteiger charge is -2.23. The van der Waals surface area contributed by atoms with Crippen LogP contribution in [0.2, 0.25) is 0 Å². The summed E-state index contributed by atoms with van der Waals surface area (Å²) in [6.07, 6.45) is 6.01. The Morgan fingerprint density at radius 2 is 2.13 bits per heavy atom. The zero-order valence-electron chi connectivity index (χ0n) is 9.81. The average Bonchev–Trinajstić information content (AvgIpc) is 3.02. The Balaban J connectivity index is 1.80. The molecule has 0 radical (unpaired) electrons. The highest BCUT2D eigenvalue weighted by Gasteiger charge is 2.53. The molecule has 0 heterocycles.